The van der Waals surface area contributed by atoms with E-state index in [9.17, 15) is 9.59 Å². The van der Waals surface area contributed by atoms with E-state index < -0.39 is 0 Å². The molecular formula is C16H23N3O4. The fourth-order valence-electron chi connectivity index (χ4n) is 2.35. The van der Waals surface area contributed by atoms with Gasteiger partial charge in [0, 0.05) is 26.7 Å². The van der Waals surface area contributed by atoms with Crippen LogP contribution in [0, 0.1) is 0 Å². The van der Waals surface area contributed by atoms with Gasteiger partial charge in [-0.3, -0.25) is 9.59 Å². The number of nitrogens with one attached hydrogen (secondary N) is 2. The summed E-state index contributed by atoms with van der Waals surface area (Å²) in [5.41, 5.74) is 1.66. The van der Waals surface area contributed by atoms with E-state index >= 15 is 0 Å². The van der Waals surface area contributed by atoms with Gasteiger partial charge < -0.3 is 25.0 Å². The van der Waals surface area contributed by atoms with Crippen LogP contribution >= 0.6 is 0 Å². The summed E-state index contributed by atoms with van der Waals surface area (Å²) in [6.07, 6.45) is -0.207. The van der Waals surface area contributed by atoms with Gasteiger partial charge in [-0.05, 0) is 12.1 Å². The van der Waals surface area contributed by atoms with Crippen LogP contribution in [0.2, 0.25) is 0 Å². The molecule has 0 unspecified atom stereocenters. The lowest BCUT2D eigenvalue weighted by atomic mass is 10.2. The van der Waals surface area contributed by atoms with Crippen molar-refractivity contribution in [2.75, 3.05) is 56.8 Å². The summed E-state index contributed by atoms with van der Waals surface area (Å²) in [5.74, 6) is -0.649. The first-order valence-electron chi connectivity index (χ1n) is 7.68. The number of benzene rings is 1. The number of ether oxygens (including phenoxy) is 2. The van der Waals surface area contributed by atoms with Gasteiger partial charge in [0.15, 0.2) is 0 Å². The molecule has 7 nitrogen and oxygen atoms in total. The van der Waals surface area contributed by atoms with Crippen LogP contribution in [0.15, 0.2) is 24.3 Å². The fraction of sp³-hybridized carbons (Fsp3) is 0.500. The molecule has 126 valence electrons. The van der Waals surface area contributed by atoms with Crippen LogP contribution in [0.25, 0.3) is 0 Å². The number of rotatable bonds is 7. The fourth-order valence-corrected chi connectivity index (χ4v) is 2.35. The van der Waals surface area contributed by atoms with Crippen LogP contribution in [0.1, 0.15) is 6.42 Å². The predicted molar refractivity (Wildman–Crippen MR) is 87.6 cm³/mol. The first-order chi connectivity index (χ1) is 11.2. The number of carbonyl (C=O) groups excluding carboxylic acids is 2. The Morgan fingerprint density at radius 2 is 1.96 bits per heavy atom. The van der Waals surface area contributed by atoms with E-state index in [2.05, 4.69) is 15.5 Å². The molecule has 23 heavy (non-hydrogen) atoms. The lowest BCUT2D eigenvalue weighted by Crippen LogP contribution is -2.37. The highest BCUT2D eigenvalue weighted by Gasteiger charge is 2.16. The SMILES string of the molecule is COCCNC(=O)CC(=O)Nc1ccccc1N1CCOCC1. The van der Waals surface area contributed by atoms with E-state index in [1.54, 1.807) is 7.11 Å². The molecule has 0 radical (unpaired) electrons. The molecule has 1 saturated heterocycles. The second kappa shape index (κ2) is 9.12. The number of hydrogen-bond acceptors (Lipinski definition) is 5. The molecular weight excluding hydrogens is 298 g/mol. The summed E-state index contributed by atoms with van der Waals surface area (Å²) < 4.78 is 10.2. The van der Waals surface area contributed by atoms with Crippen molar-refractivity contribution in [2.45, 2.75) is 6.42 Å². The van der Waals surface area contributed by atoms with Gasteiger partial charge in [0.05, 0.1) is 31.2 Å². The van der Waals surface area contributed by atoms with Crippen LogP contribution in [-0.2, 0) is 19.1 Å². The topological polar surface area (TPSA) is 79.9 Å². The zero-order valence-corrected chi connectivity index (χ0v) is 13.3. The van der Waals surface area contributed by atoms with Gasteiger partial charge in [-0.25, -0.2) is 0 Å². The second-order valence-corrected chi connectivity index (χ2v) is 5.18. The Hall–Kier alpha value is -2.12. The van der Waals surface area contributed by atoms with Crippen LogP contribution < -0.4 is 15.5 Å². The number of para-hydroxylation sites is 2. The van der Waals surface area contributed by atoms with Crippen LogP contribution in [-0.4, -0.2) is 58.4 Å². The number of hydrogen-bond donors (Lipinski definition) is 2. The number of amides is 2. The van der Waals surface area contributed by atoms with Gasteiger partial charge in [-0.1, -0.05) is 12.1 Å². The molecule has 2 rings (SSSR count). The van der Waals surface area contributed by atoms with E-state index in [4.69, 9.17) is 9.47 Å². The first kappa shape index (κ1) is 17.2. The second-order valence-electron chi connectivity index (χ2n) is 5.18. The highest BCUT2D eigenvalue weighted by Crippen LogP contribution is 2.26. The van der Waals surface area contributed by atoms with E-state index in [1.807, 2.05) is 24.3 Å². The highest BCUT2D eigenvalue weighted by atomic mass is 16.5. The number of morpholine rings is 1. The quantitative estimate of drug-likeness (QED) is 0.568. The smallest absolute Gasteiger partial charge is 0.233 e. The molecule has 1 heterocycles. The van der Waals surface area contributed by atoms with Crippen molar-refractivity contribution in [3.05, 3.63) is 24.3 Å². The third-order valence-electron chi connectivity index (χ3n) is 3.48. The minimum absolute atomic E-state index is 0.207. The van der Waals surface area contributed by atoms with E-state index in [1.165, 1.54) is 0 Å². The van der Waals surface area contributed by atoms with Crippen LogP contribution in [0.4, 0.5) is 11.4 Å². The largest absolute Gasteiger partial charge is 0.383 e. The van der Waals surface area contributed by atoms with Crippen LogP contribution in [0.3, 0.4) is 0 Å². The van der Waals surface area contributed by atoms with Crippen molar-refractivity contribution in [1.82, 2.24) is 5.32 Å². The van der Waals surface area contributed by atoms with E-state index in [-0.39, 0.29) is 18.2 Å². The Morgan fingerprint density at radius 1 is 1.22 bits per heavy atom. The molecule has 1 aliphatic rings. The Kier molecular flexibility index (Phi) is 6.83. The number of nitrogens with zero attached hydrogens (tertiary/aromatic N) is 1. The Labute approximate surface area is 135 Å². The average molecular weight is 321 g/mol. The van der Waals surface area contributed by atoms with Crippen molar-refractivity contribution in [3.8, 4) is 0 Å². The maximum absolute atomic E-state index is 12.0. The minimum atomic E-state index is -0.333. The monoisotopic (exact) mass is 321 g/mol. The third kappa shape index (κ3) is 5.54. The molecule has 1 aromatic rings. The van der Waals surface area contributed by atoms with Gasteiger partial charge in [0.2, 0.25) is 11.8 Å². The lowest BCUT2D eigenvalue weighted by Gasteiger charge is -2.30. The normalized spacial score (nSPS) is 14.4. The molecule has 0 saturated carbocycles. The van der Waals surface area contributed by atoms with Gasteiger partial charge in [-0.15, -0.1) is 0 Å². The standard InChI is InChI=1S/C16H23N3O4/c1-22-9-6-17-15(20)12-16(21)18-13-4-2-3-5-14(13)19-7-10-23-11-8-19/h2-5H,6-12H2,1H3,(H,17,20)(H,18,21). The van der Waals surface area contributed by atoms with Gasteiger partial charge in [0.1, 0.15) is 6.42 Å². The summed E-state index contributed by atoms with van der Waals surface area (Å²) in [6.45, 7) is 3.73. The third-order valence-corrected chi connectivity index (χ3v) is 3.48. The summed E-state index contributed by atoms with van der Waals surface area (Å²) in [7, 11) is 1.56. The Balaban J connectivity index is 1.91. The predicted octanol–water partition coefficient (Wildman–Crippen LogP) is 0.614. The van der Waals surface area contributed by atoms with Crippen molar-refractivity contribution in [2.24, 2.45) is 0 Å². The molecule has 2 N–H and O–H groups in total. The lowest BCUT2D eigenvalue weighted by molar-refractivity contribution is -0.126. The van der Waals surface area contributed by atoms with E-state index in [0.29, 0.717) is 32.1 Å². The number of carbonyl (C=O) groups is 2. The van der Waals surface area contributed by atoms with Crippen molar-refractivity contribution in [3.63, 3.8) is 0 Å². The zero-order valence-electron chi connectivity index (χ0n) is 13.3. The molecule has 0 atom stereocenters. The molecule has 7 heteroatoms. The van der Waals surface area contributed by atoms with Crippen molar-refractivity contribution < 1.29 is 19.1 Å². The number of methoxy groups -OCH3 is 1. The number of anilines is 2. The summed E-state index contributed by atoms with van der Waals surface area (Å²) in [4.78, 5) is 25.9. The molecule has 1 aromatic carbocycles. The van der Waals surface area contributed by atoms with Crippen molar-refractivity contribution >= 4 is 23.2 Å². The highest BCUT2D eigenvalue weighted by molar-refractivity contribution is 6.04. The molecule has 0 spiro atoms. The molecule has 0 aromatic heterocycles. The minimum Gasteiger partial charge on any atom is -0.383 e. The Morgan fingerprint density at radius 3 is 2.70 bits per heavy atom. The molecule has 1 aliphatic heterocycles. The average Bonchev–Trinajstić information content (AvgIpc) is 2.56. The Bertz CT molecular complexity index is 530. The van der Waals surface area contributed by atoms with Crippen LogP contribution in [0.5, 0.6) is 0 Å². The molecule has 2 amide bonds. The maximum Gasteiger partial charge on any atom is 0.233 e. The molecule has 1 fully saturated rings. The molecule has 0 aliphatic carbocycles. The van der Waals surface area contributed by atoms with Crippen molar-refractivity contribution in [1.29, 1.82) is 0 Å². The van der Waals surface area contributed by atoms with Gasteiger partial charge in [0.25, 0.3) is 0 Å². The molecule has 0 bridgehead atoms. The first-order valence-corrected chi connectivity index (χ1v) is 7.68. The zero-order chi connectivity index (χ0) is 16.5. The summed E-state index contributed by atoms with van der Waals surface area (Å²) in [5, 5.41) is 5.44. The van der Waals surface area contributed by atoms with E-state index in [0.717, 1.165) is 18.8 Å². The maximum atomic E-state index is 12.0. The summed E-state index contributed by atoms with van der Waals surface area (Å²) in [6, 6.07) is 7.58. The summed E-state index contributed by atoms with van der Waals surface area (Å²) >= 11 is 0. The van der Waals surface area contributed by atoms with Gasteiger partial charge >= 0.3 is 0 Å². The van der Waals surface area contributed by atoms with Gasteiger partial charge in [-0.2, -0.15) is 0 Å².